The zero-order valence-corrected chi connectivity index (χ0v) is 24.3. The lowest BCUT2D eigenvalue weighted by atomic mass is 9.91. The van der Waals surface area contributed by atoms with Crippen molar-refractivity contribution in [2.45, 2.75) is 34.1 Å². The van der Waals surface area contributed by atoms with Crippen molar-refractivity contribution in [3.8, 4) is 11.4 Å². The third-order valence-electron chi connectivity index (χ3n) is 7.22. The number of aromatic nitrogens is 5. The van der Waals surface area contributed by atoms with Crippen molar-refractivity contribution in [1.82, 2.24) is 35.4 Å². The first-order valence-corrected chi connectivity index (χ1v) is 13.9. The molecular formula is C32H40N8. The van der Waals surface area contributed by atoms with Crippen molar-refractivity contribution in [1.29, 1.82) is 0 Å². The molecule has 0 aromatic carbocycles. The summed E-state index contributed by atoms with van der Waals surface area (Å²) >= 11 is 0. The smallest absolute Gasteiger partial charge is 0.139 e. The molecule has 4 aromatic rings. The minimum atomic E-state index is 0.146. The number of nitrogens with zero attached hydrogens (tertiary/aromatic N) is 5. The Morgan fingerprint density at radius 2 is 1.93 bits per heavy atom. The van der Waals surface area contributed by atoms with Crippen molar-refractivity contribution in [3.63, 3.8) is 0 Å². The van der Waals surface area contributed by atoms with Crippen LogP contribution in [-0.2, 0) is 0 Å². The van der Waals surface area contributed by atoms with E-state index in [1.807, 2.05) is 31.3 Å². The fraction of sp³-hybridized carbons (Fsp3) is 0.344. The van der Waals surface area contributed by atoms with Gasteiger partial charge in [0.2, 0.25) is 0 Å². The first kappa shape index (κ1) is 27.4. The molecular weight excluding hydrogens is 496 g/mol. The maximum atomic E-state index is 5.05. The van der Waals surface area contributed by atoms with Gasteiger partial charge in [-0.1, -0.05) is 40.0 Å². The van der Waals surface area contributed by atoms with Gasteiger partial charge in [0.1, 0.15) is 16.9 Å². The van der Waals surface area contributed by atoms with Gasteiger partial charge in [-0.15, -0.1) is 0 Å². The van der Waals surface area contributed by atoms with E-state index in [4.69, 9.17) is 4.98 Å². The second-order valence-corrected chi connectivity index (χ2v) is 11.7. The quantitative estimate of drug-likeness (QED) is 0.230. The number of anilines is 1. The van der Waals surface area contributed by atoms with Gasteiger partial charge in [0.25, 0.3) is 0 Å². The van der Waals surface area contributed by atoms with Gasteiger partial charge in [0.15, 0.2) is 0 Å². The topological polar surface area (TPSA) is 88.8 Å². The van der Waals surface area contributed by atoms with Crippen LogP contribution in [0.1, 0.15) is 39.8 Å². The molecule has 0 amide bonds. The molecule has 0 radical (unpaired) electrons. The van der Waals surface area contributed by atoms with E-state index in [0.717, 1.165) is 88.7 Å². The number of pyridine rings is 2. The lowest BCUT2D eigenvalue weighted by Gasteiger charge is -2.34. The molecule has 0 aliphatic carbocycles. The molecule has 0 saturated carbocycles. The molecule has 0 atom stereocenters. The van der Waals surface area contributed by atoms with E-state index in [9.17, 15) is 0 Å². The molecule has 1 aliphatic heterocycles. The first-order chi connectivity index (χ1) is 19.1. The van der Waals surface area contributed by atoms with E-state index in [2.05, 4.69) is 101 Å². The van der Waals surface area contributed by atoms with Crippen LogP contribution in [0.4, 0.5) is 5.69 Å². The Balaban J connectivity index is 1.47. The highest BCUT2D eigenvalue weighted by molar-refractivity contribution is 5.97. The van der Waals surface area contributed by atoms with Crippen molar-refractivity contribution in [2.24, 2.45) is 5.41 Å². The fourth-order valence-electron chi connectivity index (χ4n) is 5.22. The second-order valence-electron chi connectivity index (χ2n) is 11.7. The van der Waals surface area contributed by atoms with Gasteiger partial charge >= 0.3 is 0 Å². The van der Waals surface area contributed by atoms with E-state index in [0.29, 0.717) is 0 Å². The third kappa shape index (κ3) is 5.87. The molecule has 0 spiro atoms. The van der Waals surface area contributed by atoms with E-state index in [1.165, 1.54) is 5.69 Å². The van der Waals surface area contributed by atoms with Gasteiger partial charge in [-0.2, -0.15) is 5.10 Å². The van der Waals surface area contributed by atoms with Crippen LogP contribution in [0.3, 0.4) is 0 Å². The van der Waals surface area contributed by atoms with Gasteiger partial charge < -0.3 is 20.1 Å². The molecule has 3 N–H and O–H groups in total. The van der Waals surface area contributed by atoms with Gasteiger partial charge in [-0.25, -0.2) is 9.97 Å². The first-order valence-electron chi connectivity index (χ1n) is 13.9. The van der Waals surface area contributed by atoms with E-state index in [1.54, 1.807) is 0 Å². The Morgan fingerprint density at radius 1 is 1.15 bits per heavy atom. The summed E-state index contributed by atoms with van der Waals surface area (Å²) in [6.45, 7) is 20.9. The van der Waals surface area contributed by atoms with Crippen LogP contribution in [0.15, 0.2) is 73.2 Å². The number of fused-ring (bicyclic) bond motifs is 2. The molecule has 8 heteroatoms. The number of aromatic amines is 2. The Hall–Kier alpha value is -4.17. The van der Waals surface area contributed by atoms with Crippen molar-refractivity contribution in [3.05, 3.63) is 78.9 Å². The molecule has 208 valence electrons. The summed E-state index contributed by atoms with van der Waals surface area (Å²) in [6, 6.07) is 8.30. The third-order valence-corrected chi connectivity index (χ3v) is 7.22. The Morgan fingerprint density at radius 3 is 2.62 bits per heavy atom. The van der Waals surface area contributed by atoms with E-state index >= 15 is 0 Å². The number of piperazine rings is 1. The molecule has 1 saturated heterocycles. The normalized spacial score (nSPS) is 15.7. The molecule has 40 heavy (non-hydrogen) atoms. The number of likely N-dealkylation sites (N-methyl/N-ethyl adjacent to an activating group) is 1. The lowest BCUT2D eigenvalue weighted by Crippen LogP contribution is -2.44. The average Bonchev–Trinajstić information content (AvgIpc) is 3.54. The summed E-state index contributed by atoms with van der Waals surface area (Å²) in [6.07, 6.45) is 8.67. The summed E-state index contributed by atoms with van der Waals surface area (Å²) in [4.78, 5) is 18.0. The summed E-state index contributed by atoms with van der Waals surface area (Å²) in [7, 11) is 2.17. The lowest BCUT2D eigenvalue weighted by molar-refractivity contribution is 0.313. The second kappa shape index (κ2) is 11.1. The number of nitrogens with one attached hydrogen (secondary N) is 3. The summed E-state index contributed by atoms with van der Waals surface area (Å²) < 4.78 is 0. The van der Waals surface area contributed by atoms with Crippen LogP contribution < -0.4 is 10.2 Å². The predicted octanol–water partition coefficient (Wildman–Crippen LogP) is 6.27. The number of allylic oxidation sites excluding steroid dienone is 5. The average molecular weight is 537 g/mol. The van der Waals surface area contributed by atoms with Gasteiger partial charge in [-0.05, 0) is 67.8 Å². The van der Waals surface area contributed by atoms with E-state index < -0.39 is 0 Å². The van der Waals surface area contributed by atoms with Crippen LogP contribution in [-0.4, -0.2) is 63.3 Å². The summed E-state index contributed by atoms with van der Waals surface area (Å²) in [5, 5.41) is 12.3. The van der Waals surface area contributed by atoms with Crippen LogP contribution in [0, 0.1) is 5.41 Å². The highest BCUT2D eigenvalue weighted by Gasteiger charge is 2.20. The Kier molecular flexibility index (Phi) is 7.63. The molecule has 5 rings (SSSR count). The minimum Gasteiger partial charge on any atom is -0.368 e. The number of hydrogen-bond donors (Lipinski definition) is 3. The summed E-state index contributed by atoms with van der Waals surface area (Å²) in [5.41, 5.74) is 9.24. The largest absolute Gasteiger partial charge is 0.368 e. The summed E-state index contributed by atoms with van der Waals surface area (Å²) in [5.74, 6) is 0. The monoisotopic (exact) mass is 536 g/mol. The number of rotatable bonds is 8. The highest BCUT2D eigenvalue weighted by Crippen LogP contribution is 2.33. The number of H-pyrrole nitrogens is 2. The molecule has 1 fully saturated rings. The van der Waals surface area contributed by atoms with Gasteiger partial charge in [-0.3, -0.25) is 5.10 Å². The Bertz CT molecular complexity index is 1600. The number of hydrogen-bond acceptors (Lipinski definition) is 6. The molecule has 4 aromatic heterocycles. The van der Waals surface area contributed by atoms with Crippen LogP contribution in [0.5, 0.6) is 0 Å². The zero-order chi connectivity index (χ0) is 28.4. The SMILES string of the molecule is C=C/C(=C\C(=C/C)c1ccc2[nH]nc(-c3cc4c(N5CCN(C)CC5)ccnc4[nH]3)c2n1)NC(=C)CC(C)(C)C. The molecule has 1 aliphatic rings. The maximum Gasteiger partial charge on any atom is 0.139 e. The standard InChI is InChI=1S/C32H40N8/c1-8-22(18-23(9-2)34-21(3)20-32(4,5)6)25-10-11-26-29(35-25)30(38-37-26)27-19-24-28(12-13-33-31(24)36-27)40-16-14-39(7)15-17-40/h8-13,18-19,34H,2-3,14-17,20H2,1,4-7H3,(H,33,36)(H,37,38)/b22-8+,23-18+. The van der Waals surface area contributed by atoms with Crippen LogP contribution in [0.2, 0.25) is 0 Å². The van der Waals surface area contributed by atoms with E-state index in [-0.39, 0.29) is 5.41 Å². The predicted molar refractivity (Wildman–Crippen MR) is 167 cm³/mol. The van der Waals surface area contributed by atoms with Crippen LogP contribution in [0.25, 0.3) is 39.0 Å². The van der Waals surface area contributed by atoms with Crippen molar-refractivity contribution < 1.29 is 0 Å². The Labute approximate surface area is 236 Å². The molecule has 8 nitrogen and oxygen atoms in total. The van der Waals surface area contributed by atoms with Crippen molar-refractivity contribution in [2.75, 3.05) is 38.1 Å². The van der Waals surface area contributed by atoms with Gasteiger partial charge in [0, 0.05) is 54.8 Å². The molecule has 5 heterocycles. The van der Waals surface area contributed by atoms with Gasteiger partial charge in [0.05, 0.1) is 16.9 Å². The van der Waals surface area contributed by atoms with Crippen molar-refractivity contribution >= 4 is 33.3 Å². The van der Waals surface area contributed by atoms with Crippen LogP contribution >= 0.6 is 0 Å². The maximum absolute atomic E-state index is 5.05. The minimum absolute atomic E-state index is 0.146. The zero-order valence-electron chi connectivity index (χ0n) is 24.3. The molecule has 0 bridgehead atoms. The highest BCUT2D eigenvalue weighted by atomic mass is 15.2. The fourth-order valence-corrected chi connectivity index (χ4v) is 5.22. The molecule has 0 unspecified atom stereocenters.